The lowest BCUT2D eigenvalue weighted by Crippen LogP contribution is -2.50. The predicted octanol–water partition coefficient (Wildman–Crippen LogP) is 4.01. The summed E-state index contributed by atoms with van der Waals surface area (Å²) in [5.41, 5.74) is 2.21. The first-order valence-electron chi connectivity index (χ1n) is 9.56. The number of nitrogens with zero attached hydrogens (tertiary/aromatic N) is 1. The van der Waals surface area contributed by atoms with Crippen LogP contribution in [0.4, 0.5) is 0 Å². The van der Waals surface area contributed by atoms with Gasteiger partial charge in [-0.05, 0) is 52.0 Å². The number of methoxy groups -OCH3 is 1. The topological polar surface area (TPSA) is 40.6 Å². The molecule has 0 bridgehead atoms. The van der Waals surface area contributed by atoms with E-state index in [0.717, 1.165) is 27.8 Å². The van der Waals surface area contributed by atoms with Crippen molar-refractivity contribution >= 4 is 23.8 Å². The van der Waals surface area contributed by atoms with Gasteiger partial charge in [0.2, 0.25) is 0 Å². The number of pyridine rings is 1. The molecule has 0 radical (unpaired) electrons. The van der Waals surface area contributed by atoms with Crippen molar-refractivity contribution in [3.05, 3.63) is 66.4 Å². The zero-order chi connectivity index (χ0) is 20.2. The Morgan fingerprint density at radius 3 is 2.29 bits per heavy atom. The highest BCUT2D eigenvalue weighted by atomic mass is 16.5. The zero-order valence-corrected chi connectivity index (χ0v) is 17.4. The van der Waals surface area contributed by atoms with Gasteiger partial charge in [-0.1, -0.05) is 41.9 Å². The number of para-hydroxylation sites is 1. The van der Waals surface area contributed by atoms with Gasteiger partial charge >= 0.3 is 7.48 Å². The second kappa shape index (κ2) is 8.33. The van der Waals surface area contributed by atoms with Gasteiger partial charge in [0.1, 0.15) is 12.4 Å². The fourth-order valence-corrected chi connectivity index (χ4v) is 2.71. The molecule has 28 heavy (non-hydrogen) atoms. The molecule has 0 unspecified atom stereocenters. The van der Waals surface area contributed by atoms with Gasteiger partial charge in [0, 0.05) is 12.5 Å². The van der Waals surface area contributed by atoms with E-state index in [1.165, 1.54) is 0 Å². The van der Waals surface area contributed by atoms with Crippen LogP contribution in [-0.2, 0) is 16.0 Å². The lowest BCUT2D eigenvalue weighted by molar-refractivity contribution is -0.114. The maximum Gasteiger partial charge on any atom is 0.309 e. The highest BCUT2D eigenvalue weighted by Crippen LogP contribution is 2.27. The summed E-state index contributed by atoms with van der Waals surface area (Å²) in [6, 6.07) is 20.1. The van der Waals surface area contributed by atoms with E-state index in [2.05, 4.69) is 17.1 Å². The average Bonchev–Trinajstić information content (AvgIpc) is 2.71. The number of hydrogen-bond acceptors (Lipinski definition) is 4. The van der Waals surface area contributed by atoms with E-state index in [4.69, 9.17) is 14.1 Å². The van der Waals surface area contributed by atoms with E-state index in [9.17, 15) is 0 Å². The largest absolute Gasteiger partial charge is 0.487 e. The first-order valence-corrected chi connectivity index (χ1v) is 9.56. The molecule has 0 saturated carbocycles. The van der Waals surface area contributed by atoms with Crippen LogP contribution in [0.1, 0.15) is 33.4 Å². The normalized spacial score (nSPS) is 12.2. The quantitative estimate of drug-likeness (QED) is 0.556. The Morgan fingerprint density at radius 1 is 0.857 bits per heavy atom. The van der Waals surface area contributed by atoms with E-state index in [1.807, 2.05) is 76.2 Å². The van der Waals surface area contributed by atoms with Gasteiger partial charge in [0.15, 0.2) is 0 Å². The van der Waals surface area contributed by atoms with Gasteiger partial charge in [-0.15, -0.1) is 0 Å². The molecule has 1 heterocycles. The molecule has 5 heteroatoms. The number of hydrogen-bond donors (Lipinski definition) is 0. The van der Waals surface area contributed by atoms with E-state index < -0.39 is 5.60 Å². The first-order chi connectivity index (χ1) is 13.3. The summed E-state index contributed by atoms with van der Waals surface area (Å²) in [6.07, 6.45) is 0. The van der Waals surface area contributed by atoms with Crippen molar-refractivity contribution in [2.24, 2.45) is 0 Å². The molecule has 0 N–H and O–H groups in total. The molecule has 2 aromatic carbocycles. The molecule has 0 saturated heterocycles. The zero-order valence-electron chi connectivity index (χ0n) is 17.4. The maximum atomic E-state index is 6.11. The molecule has 0 aliphatic rings. The monoisotopic (exact) mass is 377 g/mol. The third kappa shape index (κ3) is 4.72. The summed E-state index contributed by atoms with van der Waals surface area (Å²) < 4.78 is 17.6. The van der Waals surface area contributed by atoms with E-state index in [-0.39, 0.29) is 5.60 Å². The molecular formula is C23H28BNO3. The number of ether oxygens (including phenoxy) is 2. The standard InChI is InChI=1S/C23H28BNO3/c1-22(2,26-5)23(3,4)28-24-18-11-14-20(15-12-18)27-16-19-13-10-17-8-6-7-9-21(17)25-19/h6-15,24H,16H2,1-5H3. The average molecular weight is 377 g/mol. The highest BCUT2D eigenvalue weighted by molar-refractivity contribution is 6.47. The van der Waals surface area contributed by atoms with Crippen molar-refractivity contribution in [2.75, 3.05) is 7.11 Å². The summed E-state index contributed by atoms with van der Waals surface area (Å²) in [6.45, 7) is 8.60. The fraction of sp³-hybridized carbons (Fsp3) is 0.348. The van der Waals surface area contributed by atoms with Crippen LogP contribution in [0.15, 0.2) is 60.7 Å². The van der Waals surface area contributed by atoms with Crippen molar-refractivity contribution in [3.8, 4) is 5.75 Å². The van der Waals surface area contributed by atoms with Crippen molar-refractivity contribution in [1.29, 1.82) is 0 Å². The van der Waals surface area contributed by atoms with Crippen LogP contribution in [-0.4, -0.2) is 30.8 Å². The minimum Gasteiger partial charge on any atom is -0.487 e. The number of fused-ring (bicyclic) bond motifs is 1. The lowest BCUT2D eigenvalue weighted by atomic mass is 9.82. The Kier molecular flexibility index (Phi) is 6.06. The van der Waals surface area contributed by atoms with Crippen LogP contribution in [0.3, 0.4) is 0 Å². The third-order valence-electron chi connectivity index (χ3n) is 5.53. The second-order valence-electron chi connectivity index (χ2n) is 7.94. The van der Waals surface area contributed by atoms with Gasteiger partial charge in [-0.2, -0.15) is 0 Å². The molecule has 0 fully saturated rings. The summed E-state index contributed by atoms with van der Waals surface area (Å²) in [5, 5.41) is 1.13. The van der Waals surface area contributed by atoms with E-state index in [1.54, 1.807) is 7.11 Å². The first kappa shape index (κ1) is 20.4. The SMILES string of the molecule is COC(C)(C)C(C)(C)OBc1ccc(OCc2ccc3ccccc3n2)cc1. The Bertz CT molecular complexity index is 923. The summed E-state index contributed by atoms with van der Waals surface area (Å²) in [4.78, 5) is 4.64. The molecule has 0 aliphatic heterocycles. The van der Waals surface area contributed by atoms with Crippen molar-refractivity contribution in [3.63, 3.8) is 0 Å². The Hall–Kier alpha value is -2.37. The van der Waals surface area contributed by atoms with Crippen LogP contribution in [0, 0.1) is 0 Å². The minimum absolute atomic E-state index is 0.372. The lowest BCUT2D eigenvalue weighted by Gasteiger charge is -2.40. The Morgan fingerprint density at radius 2 is 1.57 bits per heavy atom. The Labute approximate surface area is 168 Å². The third-order valence-corrected chi connectivity index (χ3v) is 5.53. The molecule has 3 rings (SSSR count). The maximum absolute atomic E-state index is 6.11. The van der Waals surface area contributed by atoms with Gasteiger partial charge in [-0.25, -0.2) is 4.98 Å². The van der Waals surface area contributed by atoms with E-state index >= 15 is 0 Å². The van der Waals surface area contributed by atoms with Crippen molar-refractivity contribution < 1.29 is 14.1 Å². The molecule has 0 atom stereocenters. The van der Waals surface area contributed by atoms with Crippen LogP contribution < -0.4 is 10.2 Å². The molecule has 146 valence electrons. The van der Waals surface area contributed by atoms with Crippen LogP contribution in [0.2, 0.25) is 0 Å². The van der Waals surface area contributed by atoms with Gasteiger partial charge in [0.05, 0.1) is 22.4 Å². The molecule has 4 nitrogen and oxygen atoms in total. The van der Waals surface area contributed by atoms with Crippen molar-refractivity contribution in [2.45, 2.75) is 45.5 Å². The Balaban J connectivity index is 1.56. The van der Waals surface area contributed by atoms with Crippen molar-refractivity contribution in [1.82, 2.24) is 4.98 Å². The predicted molar refractivity (Wildman–Crippen MR) is 116 cm³/mol. The molecule has 0 aliphatic carbocycles. The number of benzene rings is 2. The summed E-state index contributed by atoms with van der Waals surface area (Å²) in [7, 11) is 2.23. The van der Waals surface area contributed by atoms with Crippen LogP contribution >= 0.6 is 0 Å². The minimum atomic E-state index is -0.404. The van der Waals surface area contributed by atoms with Gasteiger partial charge < -0.3 is 14.1 Å². The molecule has 0 spiro atoms. The van der Waals surface area contributed by atoms with Crippen LogP contribution in [0.25, 0.3) is 10.9 Å². The van der Waals surface area contributed by atoms with Crippen LogP contribution in [0.5, 0.6) is 5.75 Å². The summed E-state index contributed by atoms with van der Waals surface area (Å²) in [5.74, 6) is 0.815. The number of rotatable bonds is 8. The molecular weight excluding hydrogens is 349 g/mol. The fourth-order valence-electron chi connectivity index (χ4n) is 2.71. The smallest absolute Gasteiger partial charge is 0.309 e. The van der Waals surface area contributed by atoms with Gasteiger partial charge in [0.25, 0.3) is 0 Å². The molecule has 0 amide bonds. The van der Waals surface area contributed by atoms with E-state index in [0.29, 0.717) is 14.1 Å². The second-order valence-corrected chi connectivity index (χ2v) is 7.94. The number of aromatic nitrogens is 1. The molecule has 1 aromatic heterocycles. The van der Waals surface area contributed by atoms with Gasteiger partial charge in [-0.3, -0.25) is 0 Å². The summed E-state index contributed by atoms with van der Waals surface area (Å²) >= 11 is 0. The molecule has 3 aromatic rings. The highest BCUT2D eigenvalue weighted by Gasteiger charge is 2.37.